The molecule has 0 radical (unpaired) electrons. The zero-order chi connectivity index (χ0) is 13.7. The Hall–Kier alpha value is -1.22. The second-order valence-electron chi connectivity index (χ2n) is 6.06. The molecule has 2 N–H and O–H groups in total. The summed E-state index contributed by atoms with van der Waals surface area (Å²) in [6.07, 6.45) is 0.942. The van der Waals surface area contributed by atoms with Crippen molar-refractivity contribution in [1.82, 2.24) is 4.90 Å². The van der Waals surface area contributed by atoms with Gasteiger partial charge in [0.05, 0.1) is 0 Å². The first-order valence-corrected chi connectivity index (χ1v) is 6.47. The standard InChI is InChI=1S/C15H24N2O/c1-9-10(2)14-12(11(3)13(9)16)7-15(4,18-14)8-17(5)6/h7-8,16H2,1-6H3. The molecule has 1 unspecified atom stereocenters. The quantitative estimate of drug-likeness (QED) is 0.817. The summed E-state index contributed by atoms with van der Waals surface area (Å²) in [4.78, 5) is 2.17. The molecule has 2 rings (SSSR count). The molecule has 1 atom stereocenters. The van der Waals surface area contributed by atoms with Crippen LogP contribution in [0.1, 0.15) is 29.2 Å². The van der Waals surface area contributed by atoms with E-state index in [2.05, 4.69) is 46.7 Å². The van der Waals surface area contributed by atoms with Crippen molar-refractivity contribution in [2.45, 2.75) is 39.7 Å². The van der Waals surface area contributed by atoms with Crippen LogP contribution in [0.4, 0.5) is 5.69 Å². The van der Waals surface area contributed by atoms with E-state index in [1.54, 1.807) is 0 Å². The predicted octanol–water partition coefficient (Wildman–Crippen LogP) is 2.45. The summed E-state index contributed by atoms with van der Waals surface area (Å²) in [5, 5.41) is 0. The lowest BCUT2D eigenvalue weighted by Crippen LogP contribution is -2.41. The van der Waals surface area contributed by atoms with E-state index in [-0.39, 0.29) is 5.60 Å². The van der Waals surface area contributed by atoms with Crippen LogP contribution in [0.2, 0.25) is 0 Å². The summed E-state index contributed by atoms with van der Waals surface area (Å²) >= 11 is 0. The number of nitrogens with two attached hydrogens (primary N) is 1. The minimum atomic E-state index is -0.137. The summed E-state index contributed by atoms with van der Waals surface area (Å²) in [5.74, 6) is 1.06. The molecule has 0 aromatic heterocycles. The molecule has 1 aromatic carbocycles. The molecule has 1 heterocycles. The minimum Gasteiger partial charge on any atom is -0.485 e. The number of hydrogen-bond donors (Lipinski definition) is 1. The molecule has 3 heteroatoms. The number of likely N-dealkylation sites (N-methyl/N-ethyl adjacent to an activating group) is 1. The normalized spacial score (nSPS) is 22.2. The van der Waals surface area contributed by atoms with Gasteiger partial charge in [0.15, 0.2) is 0 Å². The van der Waals surface area contributed by atoms with Crippen LogP contribution in [0.3, 0.4) is 0 Å². The SMILES string of the molecule is Cc1c(C)c2c(c(C)c1N)CC(C)(CN(C)C)O2. The van der Waals surface area contributed by atoms with Gasteiger partial charge in [0.25, 0.3) is 0 Å². The van der Waals surface area contributed by atoms with E-state index in [1.165, 1.54) is 16.7 Å². The van der Waals surface area contributed by atoms with Crippen LogP contribution < -0.4 is 10.5 Å². The summed E-state index contributed by atoms with van der Waals surface area (Å²) in [5.41, 5.74) is 11.8. The lowest BCUT2D eigenvalue weighted by atomic mass is 9.92. The highest BCUT2D eigenvalue weighted by Gasteiger charge is 2.38. The van der Waals surface area contributed by atoms with Crippen LogP contribution in [-0.2, 0) is 6.42 Å². The lowest BCUT2D eigenvalue weighted by Gasteiger charge is -2.27. The molecular formula is C15H24N2O. The Morgan fingerprint density at radius 2 is 1.78 bits per heavy atom. The van der Waals surface area contributed by atoms with Gasteiger partial charge in [-0.15, -0.1) is 0 Å². The molecule has 0 aliphatic carbocycles. The van der Waals surface area contributed by atoms with Crippen molar-refractivity contribution < 1.29 is 4.74 Å². The van der Waals surface area contributed by atoms with Gasteiger partial charge in [-0.3, -0.25) is 0 Å². The maximum atomic E-state index is 6.26. The fourth-order valence-electron chi connectivity index (χ4n) is 2.98. The molecule has 3 nitrogen and oxygen atoms in total. The highest BCUT2D eigenvalue weighted by molar-refractivity contribution is 5.66. The van der Waals surface area contributed by atoms with Crippen LogP contribution in [-0.4, -0.2) is 31.1 Å². The van der Waals surface area contributed by atoms with Crippen molar-refractivity contribution in [2.24, 2.45) is 0 Å². The molecule has 100 valence electrons. The van der Waals surface area contributed by atoms with Gasteiger partial charge >= 0.3 is 0 Å². The van der Waals surface area contributed by atoms with E-state index in [1.807, 2.05) is 0 Å². The fraction of sp³-hybridized carbons (Fsp3) is 0.600. The molecule has 1 aliphatic heterocycles. The van der Waals surface area contributed by atoms with Gasteiger partial charge in [0, 0.05) is 24.2 Å². The van der Waals surface area contributed by atoms with Crippen LogP contribution in [0.25, 0.3) is 0 Å². The molecule has 0 spiro atoms. The second-order valence-corrected chi connectivity index (χ2v) is 6.06. The number of nitrogen functional groups attached to an aromatic ring is 1. The third-order valence-corrected chi connectivity index (χ3v) is 3.99. The molecule has 0 amide bonds. The van der Waals surface area contributed by atoms with Crippen LogP contribution in [0.5, 0.6) is 5.75 Å². The number of benzene rings is 1. The van der Waals surface area contributed by atoms with Gasteiger partial charge in [0.1, 0.15) is 11.4 Å². The highest BCUT2D eigenvalue weighted by Crippen LogP contribution is 2.43. The summed E-state index contributed by atoms with van der Waals surface area (Å²) < 4.78 is 6.26. The van der Waals surface area contributed by atoms with Gasteiger partial charge in [-0.25, -0.2) is 0 Å². The van der Waals surface area contributed by atoms with Gasteiger partial charge < -0.3 is 15.4 Å². The number of hydrogen-bond acceptors (Lipinski definition) is 3. The first-order chi connectivity index (χ1) is 8.25. The van der Waals surface area contributed by atoms with Gasteiger partial charge in [-0.2, -0.15) is 0 Å². The monoisotopic (exact) mass is 248 g/mol. The Labute approximate surface area is 110 Å². The number of anilines is 1. The first kappa shape index (κ1) is 13.2. The van der Waals surface area contributed by atoms with Crippen molar-refractivity contribution in [3.63, 3.8) is 0 Å². The maximum Gasteiger partial charge on any atom is 0.127 e. The highest BCUT2D eigenvalue weighted by atomic mass is 16.5. The summed E-state index contributed by atoms with van der Waals surface area (Å²) in [6, 6.07) is 0. The Bertz CT molecular complexity index is 455. The largest absolute Gasteiger partial charge is 0.485 e. The number of rotatable bonds is 2. The Balaban J connectivity index is 2.47. The Morgan fingerprint density at radius 1 is 1.17 bits per heavy atom. The third-order valence-electron chi connectivity index (χ3n) is 3.99. The number of ether oxygens (including phenoxy) is 1. The minimum absolute atomic E-state index is 0.137. The summed E-state index contributed by atoms with van der Waals surface area (Å²) in [6.45, 7) is 9.37. The second kappa shape index (κ2) is 4.16. The molecular weight excluding hydrogens is 224 g/mol. The molecule has 18 heavy (non-hydrogen) atoms. The average Bonchev–Trinajstić information content (AvgIpc) is 2.60. The molecule has 0 bridgehead atoms. The zero-order valence-electron chi connectivity index (χ0n) is 12.3. The van der Waals surface area contributed by atoms with Crippen molar-refractivity contribution in [2.75, 3.05) is 26.4 Å². The molecule has 1 aliphatic rings. The van der Waals surface area contributed by atoms with E-state index in [0.29, 0.717) is 0 Å². The molecule has 0 saturated carbocycles. The van der Waals surface area contributed by atoms with Crippen LogP contribution in [0, 0.1) is 20.8 Å². The Morgan fingerprint density at radius 3 is 2.33 bits per heavy atom. The smallest absolute Gasteiger partial charge is 0.127 e. The summed E-state index contributed by atoms with van der Waals surface area (Å²) in [7, 11) is 4.16. The van der Waals surface area contributed by atoms with E-state index >= 15 is 0 Å². The van der Waals surface area contributed by atoms with Gasteiger partial charge in [-0.1, -0.05) is 0 Å². The average molecular weight is 248 g/mol. The van der Waals surface area contributed by atoms with E-state index in [0.717, 1.165) is 30.0 Å². The molecule has 1 aromatic rings. The van der Waals surface area contributed by atoms with Crippen LogP contribution in [0.15, 0.2) is 0 Å². The van der Waals surface area contributed by atoms with E-state index < -0.39 is 0 Å². The lowest BCUT2D eigenvalue weighted by molar-refractivity contribution is 0.0816. The fourth-order valence-corrected chi connectivity index (χ4v) is 2.98. The van der Waals surface area contributed by atoms with Gasteiger partial charge in [-0.05, 0) is 58.5 Å². The third kappa shape index (κ3) is 1.97. The number of fused-ring (bicyclic) bond motifs is 1. The zero-order valence-corrected chi connectivity index (χ0v) is 12.3. The van der Waals surface area contributed by atoms with Crippen molar-refractivity contribution in [3.05, 3.63) is 22.3 Å². The molecule has 0 saturated heterocycles. The van der Waals surface area contributed by atoms with E-state index in [9.17, 15) is 0 Å². The topological polar surface area (TPSA) is 38.5 Å². The van der Waals surface area contributed by atoms with Crippen molar-refractivity contribution in [1.29, 1.82) is 0 Å². The first-order valence-electron chi connectivity index (χ1n) is 6.47. The predicted molar refractivity (Wildman–Crippen MR) is 76.4 cm³/mol. The molecule has 0 fully saturated rings. The van der Waals surface area contributed by atoms with Gasteiger partial charge in [0.2, 0.25) is 0 Å². The van der Waals surface area contributed by atoms with Crippen LogP contribution >= 0.6 is 0 Å². The van der Waals surface area contributed by atoms with E-state index in [4.69, 9.17) is 10.5 Å². The van der Waals surface area contributed by atoms with Crippen molar-refractivity contribution in [3.8, 4) is 5.75 Å². The van der Waals surface area contributed by atoms with Crippen molar-refractivity contribution >= 4 is 5.69 Å². The Kier molecular flexibility index (Phi) is 3.06. The number of nitrogens with zero attached hydrogens (tertiary/aromatic N) is 1. The maximum absolute atomic E-state index is 6.26.